The third-order valence-electron chi connectivity index (χ3n) is 16.0. The molecule has 21 heavy (non-hydrogen) atoms. The molecule has 0 nitrogen and oxygen atoms in total. The molecule has 0 saturated heterocycles. The monoisotopic (exact) mass is 270 g/mol. The Morgan fingerprint density at radius 3 is 2.43 bits per heavy atom. The lowest BCUT2D eigenvalue weighted by atomic mass is 8.77. The van der Waals surface area contributed by atoms with Gasteiger partial charge in [-0.2, -0.15) is 0 Å². The summed E-state index contributed by atoms with van der Waals surface area (Å²) in [6.07, 6.45) is 5.24. The van der Waals surface area contributed by atoms with E-state index >= 15 is 0 Å². The maximum Gasteiger partial charge on any atom is -0.00654 e. The fourth-order valence-corrected chi connectivity index (χ4v) is 18.7. The molecule has 0 amide bonds. The van der Waals surface area contributed by atoms with Gasteiger partial charge in [0.25, 0.3) is 0 Å². The Balaban J connectivity index is 1.35. The average molecular weight is 270 g/mol. The lowest BCUT2D eigenvalue weighted by Crippen LogP contribution is -3.23. The zero-order valence-corrected chi connectivity index (χ0v) is 12.0. The van der Waals surface area contributed by atoms with Crippen LogP contribution in [0, 0.1) is 104 Å². The average Bonchev–Trinajstić information content (AvgIpc) is 2.56. The topological polar surface area (TPSA) is 0 Å². The van der Waals surface area contributed by atoms with E-state index in [2.05, 4.69) is 0 Å². The lowest BCUT2D eigenvalue weighted by molar-refractivity contribution is -0.803. The molecule has 13 aliphatic carbocycles. The van der Waals surface area contributed by atoms with Crippen LogP contribution < -0.4 is 0 Å². The van der Waals surface area contributed by atoms with Crippen LogP contribution >= 0.6 is 0 Å². The van der Waals surface area contributed by atoms with Gasteiger partial charge in [0.15, 0.2) is 0 Å². The van der Waals surface area contributed by atoms with Gasteiger partial charge in [0.05, 0.1) is 0 Å². The standard InChI is InChI=1S/C21H18/c1-4-2-8-16(4)5(1)11-13-10-7-3-6-9-12-14-15-18(8,9)21(11,16)20(13,15)19(10,14)17(6,7)12/h4-15H,1-3H2. The third-order valence-corrected chi connectivity index (χ3v) is 16.0. The van der Waals surface area contributed by atoms with Gasteiger partial charge in [-0.15, -0.1) is 0 Å². The molecular weight excluding hydrogens is 252 g/mol. The minimum absolute atomic E-state index is 1.07. The van der Waals surface area contributed by atoms with Crippen LogP contribution in [0.4, 0.5) is 0 Å². The zero-order chi connectivity index (χ0) is 12.0. The molecule has 13 aliphatic rings. The maximum absolute atomic E-state index is 1.76. The SMILES string of the molecule is C1C2C3C4C5C6C37C3CC8CC9C%10C%11C%12C1C24C%125C%116C%107C893. The highest BCUT2D eigenvalue weighted by Crippen LogP contribution is 3.35. The molecule has 0 N–H and O–H groups in total. The summed E-state index contributed by atoms with van der Waals surface area (Å²) in [5.74, 6) is 16.2. The maximum atomic E-state index is 1.76. The molecule has 0 radical (unpaired) electrons. The first-order valence-electron chi connectivity index (χ1n) is 10.4. The molecular formula is C21H18. The van der Waals surface area contributed by atoms with E-state index in [4.69, 9.17) is 0 Å². The van der Waals surface area contributed by atoms with Gasteiger partial charge in [0.2, 0.25) is 0 Å². The smallest absolute Gasteiger partial charge is 0.00654 e. The Bertz CT molecular complexity index is 922. The lowest BCUT2D eigenvalue weighted by Gasteiger charge is -3.26. The van der Waals surface area contributed by atoms with Crippen molar-refractivity contribution in [3.05, 3.63) is 0 Å². The van der Waals surface area contributed by atoms with Crippen LogP contribution in [0.25, 0.3) is 0 Å². The Kier molecular flexibility index (Phi) is 0.471. The van der Waals surface area contributed by atoms with E-state index in [0.29, 0.717) is 0 Å². The van der Waals surface area contributed by atoms with E-state index < -0.39 is 0 Å². The van der Waals surface area contributed by atoms with Crippen molar-refractivity contribution in [1.29, 1.82) is 0 Å². The second-order valence-corrected chi connectivity index (χ2v) is 12.8. The van der Waals surface area contributed by atoms with Crippen molar-refractivity contribution >= 4 is 0 Å². The van der Waals surface area contributed by atoms with Gasteiger partial charge < -0.3 is 0 Å². The van der Waals surface area contributed by atoms with Gasteiger partial charge in [-0.25, -0.2) is 0 Å². The molecule has 6 spiro atoms. The summed E-state index contributed by atoms with van der Waals surface area (Å²) < 4.78 is 0. The van der Waals surface area contributed by atoms with Crippen molar-refractivity contribution in [2.75, 3.05) is 0 Å². The third kappa shape index (κ3) is 0.217. The van der Waals surface area contributed by atoms with Crippen LogP contribution in [-0.4, -0.2) is 0 Å². The van der Waals surface area contributed by atoms with Gasteiger partial charge in [0, 0.05) is 0 Å². The van der Waals surface area contributed by atoms with Crippen molar-refractivity contribution in [2.45, 2.75) is 19.3 Å². The molecule has 13 rings (SSSR count). The van der Waals surface area contributed by atoms with Crippen molar-refractivity contribution < 1.29 is 0 Å². The molecule has 0 heterocycles. The first kappa shape index (κ1) is 7.71. The summed E-state index contributed by atoms with van der Waals surface area (Å²) in [4.78, 5) is 0. The number of fused-ring (bicyclic) bond motifs is 5. The largest absolute Gasteiger partial charge is 0.0461 e. The molecule has 0 aromatic rings. The Labute approximate surface area is 123 Å². The summed E-state index contributed by atoms with van der Waals surface area (Å²) in [5, 5.41) is 0. The fourth-order valence-electron chi connectivity index (χ4n) is 18.7. The first-order chi connectivity index (χ1) is 10.4. The molecule has 0 bridgehead atoms. The number of hydrogen-bond donors (Lipinski definition) is 0. The van der Waals surface area contributed by atoms with E-state index in [1.165, 1.54) is 71.0 Å². The van der Waals surface area contributed by atoms with E-state index in [0.717, 1.165) is 32.5 Å². The normalized spacial score (nSPS) is 120. The Hall–Kier alpha value is 0. The molecule has 0 aromatic carbocycles. The summed E-state index contributed by atoms with van der Waals surface area (Å²) >= 11 is 0. The number of hydrogen-bond acceptors (Lipinski definition) is 0. The second-order valence-electron chi connectivity index (χ2n) is 12.8. The van der Waals surface area contributed by atoms with Crippen molar-refractivity contribution in [3.8, 4) is 0 Å². The summed E-state index contributed by atoms with van der Waals surface area (Å²) in [6, 6.07) is 0. The molecule has 18 unspecified atom stereocenters. The minimum Gasteiger partial charge on any atom is -0.0461 e. The fraction of sp³-hybridized carbons (Fsp3) is 1.00. The molecule has 0 aliphatic heterocycles. The summed E-state index contributed by atoms with van der Waals surface area (Å²) in [6.45, 7) is 0. The van der Waals surface area contributed by atoms with Crippen LogP contribution in [-0.2, 0) is 0 Å². The highest BCUT2D eigenvalue weighted by atomic mass is 15.4. The highest BCUT2D eigenvalue weighted by molar-refractivity contribution is 5.78. The van der Waals surface area contributed by atoms with E-state index in [1.54, 1.807) is 19.3 Å². The predicted molar refractivity (Wildman–Crippen MR) is 70.3 cm³/mol. The molecule has 18 atom stereocenters. The summed E-state index contributed by atoms with van der Waals surface area (Å²) in [5.41, 5.74) is 6.59. The van der Waals surface area contributed by atoms with Crippen LogP contribution in [0.1, 0.15) is 19.3 Å². The minimum atomic E-state index is 1.07. The van der Waals surface area contributed by atoms with Crippen LogP contribution in [0.15, 0.2) is 0 Å². The Morgan fingerprint density at radius 1 is 0.571 bits per heavy atom. The van der Waals surface area contributed by atoms with Gasteiger partial charge in [-0.3, -0.25) is 0 Å². The highest BCUT2D eigenvalue weighted by Gasteiger charge is 3.33. The first-order valence-corrected chi connectivity index (χ1v) is 10.4. The number of rotatable bonds is 0. The Morgan fingerprint density at radius 2 is 1.48 bits per heavy atom. The molecule has 102 valence electrons. The van der Waals surface area contributed by atoms with Crippen molar-refractivity contribution in [1.82, 2.24) is 0 Å². The predicted octanol–water partition coefficient (Wildman–Crippen LogP) is 2.65. The van der Waals surface area contributed by atoms with Gasteiger partial charge in [0.1, 0.15) is 0 Å². The second kappa shape index (κ2) is 1.28. The van der Waals surface area contributed by atoms with Gasteiger partial charge >= 0.3 is 0 Å². The van der Waals surface area contributed by atoms with E-state index in [9.17, 15) is 0 Å². The van der Waals surface area contributed by atoms with Crippen molar-refractivity contribution in [3.63, 3.8) is 0 Å². The van der Waals surface area contributed by atoms with Crippen LogP contribution in [0.5, 0.6) is 0 Å². The molecule has 13 saturated carbocycles. The van der Waals surface area contributed by atoms with Gasteiger partial charge in [-0.05, 0) is 123 Å². The van der Waals surface area contributed by atoms with Crippen LogP contribution in [0.3, 0.4) is 0 Å². The van der Waals surface area contributed by atoms with Crippen molar-refractivity contribution in [2.24, 2.45) is 104 Å². The molecule has 13 fully saturated rings. The quantitative estimate of drug-likeness (QED) is 0.635. The van der Waals surface area contributed by atoms with Gasteiger partial charge in [-0.1, -0.05) is 0 Å². The molecule has 0 aromatic heterocycles. The van der Waals surface area contributed by atoms with E-state index in [1.807, 2.05) is 0 Å². The van der Waals surface area contributed by atoms with E-state index in [-0.39, 0.29) is 0 Å². The summed E-state index contributed by atoms with van der Waals surface area (Å²) in [7, 11) is 0. The molecule has 0 heteroatoms. The zero-order valence-electron chi connectivity index (χ0n) is 12.0. The van der Waals surface area contributed by atoms with Crippen LogP contribution in [0.2, 0.25) is 0 Å².